The summed E-state index contributed by atoms with van der Waals surface area (Å²) >= 11 is 1.56. The van der Waals surface area contributed by atoms with Gasteiger partial charge in [-0.3, -0.25) is 14.4 Å². The van der Waals surface area contributed by atoms with Crippen molar-refractivity contribution in [1.29, 1.82) is 0 Å². The van der Waals surface area contributed by atoms with Gasteiger partial charge in [-0.05, 0) is 35.6 Å². The number of para-hydroxylation sites is 1. The van der Waals surface area contributed by atoms with Crippen molar-refractivity contribution < 1.29 is 0 Å². The summed E-state index contributed by atoms with van der Waals surface area (Å²) in [5, 5.41) is 0.689. The van der Waals surface area contributed by atoms with Gasteiger partial charge < -0.3 is 0 Å². The van der Waals surface area contributed by atoms with Crippen LogP contribution in [-0.2, 0) is 19.3 Å². The second-order valence-corrected chi connectivity index (χ2v) is 8.84. The molecule has 2 aliphatic rings. The summed E-state index contributed by atoms with van der Waals surface area (Å²) in [5.74, 6) is 0.687. The van der Waals surface area contributed by atoms with Crippen LogP contribution in [0, 0.1) is 0 Å². The molecule has 6 rings (SSSR count). The number of aliphatic imine (C=N–C) groups is 1. The van der Waals surface area contributed by atoms with Crippen molar-refractivity contribution in [3.8, 4) is 0 Å². The van der Waals surface area contributed by atoms with Gasteiger partial charge in [0, 0.05) is 36.3 Å². The van der Waals surface area contributed by atoms with Crippen LogP contribution in [0.3, 0.4) is 0 Å². The molecule has 0 amide bonds. The van der Waals surface area contributed by atoms with Crippen LogP contribution in [0.5, 0.6) is 0 Å². The van der Waals surface area contributed by atoms with Crippen LogP contribution in [0.2, 0.25) is 0 Å². The number of benzene rings is 2. The lowest BCUT2D eigenvalue weighted by Gasteiger charge is -2.18. The van der Waals surface area contributed by atoms with Gasteiger partial charge in [0.2, 0.25) is 0 Å². The minimum atomic E-state index is -0.116. The van der Waals surface area contributed by atoms with Crippen molar-refractivity contribution in [2.45, 2.75) is 30.5 Å². The number of thioether (sulfide) groups is 1. The van der Waals surface area contributed by atoms with Crippen molar-refractivity contribution in [3.63, 3.8) is 0 Å². The first kappa shape index (κ1) is 18.4. The van der Waals surface area contributed by atoms with E-state index in [9.17, 15) is 4.79 Å². The molecule has 0 saturated heterocycles. The first-order valence-electron chi connectivity index (χ1n) is 10.3. The van der Waals surface area contributed by atoms with Gasteiger partial charge in [0.05, 0.1) is 5.69 Å². The SMILES string of the molecule is O=c1c2nccnc2nc(SCC2=Nc3ccccc3C2)n1C1Cc2ccccc2C1. The molecule has 4 aromatic rings. The molecule has 3 heterocycles. The molecule has 0 fully saturated rings. The molecular weight excluding hydrogens is 406 g/mol. The van der Waals surface area contributed by atoms with Gasteiger partial charge in [0.1, 0.15) is 0 Å². The summed E-state index contributed by atoms with van der Waals surface area (Å²) in [4.78, 5) is 31.5. The van der Waals surface area contributed by atoms with Gasteiger partial charge in [-0.1, -0.05) is 54.2 Å². The van der Waals surface area contributed by atoms with E-state index in [1.54, 1.807) is 24.2 Å². The summed E-state index contributed by atoms with van der Waals surface area (Å²) in [6.07, 6.45) is 5.62. The zero-order valence-electron chi connectivity index (χ0n) is 16.7. The van der Waals surface area contributed by atoms with Gasteiger partial charge in [0.15, 0.2) is 16.3 Å². The molecule has 0 radical (unpaired) electrons. The van der Waals surface area contributed by atoms with Crippen LogP contribution in [-0.4, -0.2) is 31.0 Å². The maximum Gasteiger partial charge on any atom is 0.282 e. The van der Waals surface area contributed by atoms with Crippen molar-refractivity contribution in [2.24, 2.45) is 4.99 Å². The monoisotopic (exact) mass is 425 g/mol. The Kier molecular flexibility index (Phi) is 4.42. The van der Waals surface area contributed by atoms with E-state index in [2.05, 4.69) is 40.3 Å². The number of fused-ring (bicyclic) bond motifs is 3. The summed E-state index contributed by atoms with van der Waals surface area (Å²) < 4.78 is 1.84. The second kappa shape index (κ2) is 7.42. The Morgan fingerprint density at radius 3 is 2.42 bits per heavy atom. The maximum atomic E-state index is 13.4. The predicted molar refractivity (Wildman–Crippen MR) is 122 cm³/mol. The average molecular weight is 426 g/mol. The standard InChI is InChI=1S/C24H19N5OS/c30-23-21-22(26-10-9-25-21)28-24(29(23)19-12-15-5-1-2-6-16(15)13-19)31-14-18-11-17-7-3-4-8-20(17)27-18/h1-10,19H,11-14H2. The summed E-state index contributed by atoms with van der Waals surface area (Å²) in [6, 6.07) is 16.7. The number of nitrogens with zero attached hydrogens (tertiary/aromatic N) is 5. The highest BCUT2D eigenvalue weighted by molar-refractivity contribution is 7.99. The van der Waals surface area contributed by atoms with Crippen LogP contribution in [0.25, 0.3) is 11.2 Å². The van der Waals surface area contributed by atoms with E-state index < -0.39 is 0 Å². The van der Waals surface area contributed by atoms with Gasteiger partial charge in [-0.15, -0.1) is 0 Å². The van der Waals surface area contributed by atoms with E-state index >= 15 is 0 Å². The molecule has 31 heavy (non-hydrogen) atoms. The van der Waals surface area contributed by atoms with E-state index in [0.717, 1.165) is 30.7 Å². The van der Waals surface area contributed by atoms with E-state index in [1.165, 1.54) is 16.7 Å². The van der Waals surface area contributed by atoms with Gasteiger partial charge in [-0.2, -0.15) is 0 Å². The number of aromatic nitrogens is 4. The van der Waals surface area contributed by atoms with Crippen LogP contribution in [0.4, 0.5) is 5.69 Å². The Labute approximate surface area is 183 Å². The Morgan fingerprint density at radius 1 is 0.935 bits per heavy atom. The highest BCUT2D eigenvalue weighted by atomic mass is 32.2. The van der Waals surface area contributed by atoms with Crippen LogP contribution < -0.4 is 5.56 Å². The molecule has 1 aliphatic heterocycles. The normalized spacial score (nSPS) is 15.2. The molecule has 0 bridgehead atoms. The lowest BCUT2D eigenvalue weighted by Crippen LogP contribution is -2.29. The minimum absolute atomic E-state index is 0.0361. The Hall–Kier alpha value is -3.32. The molecule has 2 aromatic heterocycles. The summed E-state index contributed by atoms with van der Waals surface area (Å²) in [7, 11) is 0. The Balaban J connectivity index is 1.37. The van der Waals surface area contributed by atoms with E-state index in [0.29, 0.717) is 22.1 Å². The van der Waals surface area contributed by atoms with E-state index in [1.807, 2.05) is 22.8 Å². The fourth-order valence-corrected chi connectivity index (χ4v) is 5.47. The fourth-order valence-electron chi connectivity index (χ4n) is 4.48. The third-order valence-corrected chi connectivity index (χ3v) is 6.96. The third kappa shape index (κ3) is 3.25. The van der Waals surface area contributed by atoms with Crippen molar-refractivity contribution in [3.05, 3.63) is 88.0 Å². The molecule has 0 spiro atoms. The average Bonchev–Trinajstić information content (AvgIpc) is 3.41. The largest absolute Gasteiger partial charge is 0.282 e. The second-order valence-electron chi connectivity index (χ2n) is 7.90. The maximum absolute atomic E-state index is 13.4. The van der Waals surface area contributed by atoms with Crippen LogP contribution >= 0.6 is 11.8 Å². The highest BCUT2D eigenvalue weighted by Crippen LogP contribution is 2.33. The smallest absolute Gasteiger partial charge is 0.282 e. The van der Waals surface area contributed by atoms with Gasteiger partial charge in [-0.25, -0.2) is 15.0 Å². The number of rotatable bonds is 4. The molecule has 0 saturated carbocycles. The zero-order chi connectivity index (χ0) is 20.8. The van der Waals surface area contributed by atoms with Crippen molar-refractivity contribution >= 4 is 34.3 Å². The van der Waals surface area contributed by atoms with Gasteiger partial charge >= 0.3 is 0 Å². The molecular formula is C24H19N5OS. The summed E-state index contributed by atoms with van der Waals surface area (Å²) in [6.45, 7) is 0. The molecule has 6 nitrogen and oxygen atoms in total. The lowest BCUT2D eigenvalue weighted by atomic mass is 10.1. The highest BCUT2D eigenvalue weighted by Gasteiger charge is 2.27. The number of hydrogen-bond acceptors (Lipinski definition) is 6. The van der Waals surface area contributed by atoms with Crippen LogP contribution in [0.15, 0.2) is 75.9 Å². The fraction of sp³-hybridized carbons (Fsp3) is 0.208. The van der Waals surface area contributed by atoms with E-state index in [-0.39, 0.29) is 11.6 Å². The van der Waals surface area contributed by atoms with Crippen LogP contribution in [0.1, 0.15) is 22.7 Å². The lowest BCUT2D eigenvalue weighted by molar-refractivity contribution is 0.464. The number of hydrogen-bond donors (Lipinski definition) is 0. The van der Waals surface area contributed by atoms with E-state index in [4.69, 9.17) is 9.98 Å². The molecule has 1 aliphatic carbocycles. The molecule has 2 aromatic carbocycles. The Bertz CT molecular complexity index is 1390. The molecule has 0 atom stereocenters. The topological polar surface area (TPSA) is 73.0 Å². The van der Waals surface area contributed by atoms with Gasteiger partial charge in [0.25, 0.3) is 5.56 Å². The predicted octanol–water partition coefficient (Wildman–Crippen LogP) is 3.95. The molecule has 0 N–H and O–H groups in total. The first-order chi connectivity index (χ1) is 15.3. The van der Waals surface area contributed by atoms with Crippen molar-refractivity contribution in [2.75, 3.05) is 5.75 Å². The third-order valence-electron chi connectivity index (χ3n) is 5.94. The van der Waals surface area contributed by atoms with Crippen molar-refractivity contribution in [1.82, 2.24) is 19.5 Å². The molecule has 0 unspecified atom stereocenters. The summed E-state index contributed by atoms with van der Waals surface area (Å²) in [5.41, 5.74) is 6.59. The quantitative estimate of drug-likeness (QED) is 0.366. The minimum Gasteiger partial charge on any atom is -0.282 e. The Morgan fingerprint density at radius 2 is 1.65 bits per heavy atom. The zero-order valence-corrected chi connectivity index (χ0v) is 17.5. The molecule has 7 heteroatoms. The first-order valence-corrected chi connectivity index (χ1v) is 11.3. The molecule has 152 valence electrons.